The minimum Gasteiger partial charge on any atom is -0.390 e. The molecule has 0 bridgehead atoms. The van der Waals surface area contributed by atoms with Crippen molar-refractivity contribution >= 4 is 27.0 Å². The fourth-order valence-corrected chi connectivity index (χ4v) is 5.98. The van der Waals surface area contributed by atoms with E-state index in [2.05, 4.69) is 0 Å². The molecule has 0 aromatic heterocycles. The van der Waals surface area contributed by atoms with Crippen molar-refractivity contribution in [1.29, 1.82) is 0 Å². The first-order valence-electron chi connectivity index (χ1n) is 10.1. The Morgan fingerprint density at radius 3 is 2.03 bits per heavy atom. The summed E-state index contributed by atoms with van der Waals surface area (Å²) in [5.74, 6) is -0.585. The van der Waals surface area contributed by atoms with Crippen molar-refractivity contribution in [3.8, 4) is 0 Å². The largest absolute Gasteiger partial charge is 0.390 e. The second-order valence-corrected chi connectivity index (χ2v) is 11.0. The van der Waals surface area contributed by atoms with E-state index in [1.54, 1.807) is 13.8 Å². The zero-order valence-electron chi connectivity index (χ0n) is 17.5. The molecule has 158 valence electrons. The Labute approximate surface area is 178 Å². The van der Waals surface area contributed by atoms with Crippen LogP contribution in [0.15, 0.2) is 60.7 Å². The van der Waals surface area contributed by atoms with Crippen LogP contribution in [-0.4, -0.2) is 48.6 Å². The second-order valence-electron chi connectivity index (χ2n) is 9.01. The van der Waals surface area contributed by atoms with Crippen molar-refractivity contribution in [1.82, 2.24) is 4.31 Å². The molecule has 2 aromatic rings. The molecule has 1 N–H and O–H groups in total. The lowest BCUT2D eigenvalue weighted by Gasteiger charge is -2.37. The minimum absolute atomic E-state index is 0.0779. The van der Waals surface area contributed by atoms with E-state index in [1.165, 1.54) is 4.31 Å². The Hall–Kier alpha value is -2.28. The molecule has 1 aliphatic heterocycles. The quantitative estimate of drug-likeness (QED) is 0.816. The van der Waals surface area contributed by atoms with Crippen LogP contribution in [0.5, 0.6) is 0 Å². The van der Waals surface area contributed by atoms with Gasteiger partial charge in [-0.15, -0.1) is 0 Å². The molecule has 2 unspecified atom stereocenters. The minimum atomic E-state index is -3.50. The van der Waals surface area contributed by atoms with Gasteiger partial charge in [-0.2, -0.15) is 0 Å². The molecular formula is C24H27NO4S. The van der Waals surface area contributed by atoms with E-state index in [0.717, 1.165) is 23.0 Å². The number of rotatable bonds is 4. The smallest absolute Gasteiger partial charge is 0.211 e. The lowest BCUT2D eigenvalue weighted by Crippen LogP contribution is -2.46. The van der Waals surface area contributed by atoms with Crippen molar-refractivity contribution in [3.63, 3.8) is 0 Å². The number of benzene rings is 2. The summed E-state index contributed by atoms with van der Waals surface area (Å²) in [6, 6.07) is 19.3. The first-order valence-corrected chi connectivity index (χ1v) is 12.0. The maximum atomic E-state index is 14.1. The monoisotopic (exact) mass is 425 g/mol. The zero-order chi connectivity index (χ0) is 21.7. The standard InChI is InChI=1S/C24H27NO4S/c1-23(2,27)20-15-25(30(3,28)29)16-24(20)14-19(17-10-6-4-7-11-17)21(22(24)26)18-12-8-5-9-13-18/h4-13,20,27H,14-16H2,1-3H3. The molecule has 1 spiro atoms. The van der Waals surface area contributed by atoms with Crippen LogP contribution in [0.25, 0.3) is 11.1 Å². The second kappa shape index (κ2) is 7.15. The summed E-state index contributed by atoms with van der Waals surface area (Å²) < 4.78 is 26.1. The number of carbonyl (C=O) groups excluding carboxylic acids is 1. The van der Waals surface area contributed by atoms with Gasteiger partial charge >= 0.3 is 0 Å². The van der Waals surface area contributed by atoms with E-state index >= 15 is 0 Å². The fourth-order valence-electron chi connectivity index (χ4n) is 5.10. The van der Waals surface area contributed by atoms with E-state index in [1.807, 2.05) is 60.7 Å². The Morgan fingerprint density at radius 1 is 1.00 bits per heavy atom. The molecule has 2 atom stereocenters. The predicted molar refractivity (Wildman–Crippen MR) is 118 cm³/mol. The van der Waals surface area contributed by atoms with Gasteiger partial charge in [-0.1, -0.05) is 60.7 Å². The van der Waals surface area contributed by atoms with Crippen LogP contribution in [0.4, 0.5) is 0 Å². The highest BCUT2D eigenvalue weighted by Gasteiger charge is 2.61. The Balaban J connectivity index is 1.90. The summed E-state index contributed by atoms with van der Waals surface area (Å²) in [5.41, 5.74) is 1.13. The Bertz CT molecular complexity index is 1100. The number of ketones is 1. The van der Waals surface area contributed by atoms with Crippen LogP contribution in [0.2, 0.25) is 0 Å². The lowest BCUT2D eigenvalue weighted by atomic mass is 9.67. The molecule has 2 aliphatic rings. The lowest BCUT2D eigenvalue weighted by molar-refractivity contribution is -0.128. The molecule has 0 radical (unpaired) electrons. The van der Waals surface area contributed by atoms with Crippen molar-refractivity contribution in [2.24, 2.45) is 11.3 Å². The summed E-state index contributed by atoms with van der Waals surface area (Å²) in [7, 11) is -3.50. The molecule has 4 rings (SSSR count). The van der Waals surface area contributed by atoms with Crippen LogP contribution >= 0.6 is 0 Å². The molecule has 6 heteroatoms. The molecule has 1 heterocycles. The number of Topliss-reactive ketones (excluding diaryl/α,β-unsaturated/α-hetero) is 1. The summed E-state index contributed by atoms with van der Waals surface area (Å²) in [4.78, 5) is 14.1. The van der Waals surface area contributed by atoms with Crippen molar-refractivity contribution < 1.29 is 18.3 Å². The number of carbonyl (C=O) groups is 1. The summed E-state index contributed by atoms with van der Waals surface area (Å²) in [6.45, 7) is 3.56. The average Bonchev–Trinajstić information content (AvgIpc) is 3.23. The van der Waals surface area contributed by atoms with E-state index in [-0.39, 0.29) is 18.9 Å². The Morgan fingerprint density at radius 2 is 1.53 bits per heavy atom. The topological polar surface area (TPSA) is 74.7 Å². The fraction of sp³-hybridized carbons (Fsp3) is 0.375. The molecule has 1 aliphatic carbocycles. The third-order valence-electron chi connectivity index (χ3n) is 6.49. The highest BCUT2D eigenvalue weighted by atomic mass is 32.2. The SMILES string of the molecule is CC(C)(O)C1CN(S(C)(=O)=O)CC12CC(c1ccccc1)=C(c1ccccc1)C2=O. The Kier molecular flexibility index (Phi) is 5.00. The maximum Gasteiger partial charge on any atom is 0.211 e. The molecule has 1 saturated heterocycles. The number of sulfonamides is 1. The van der Waals surface area contributed by atoms with E-state index in [9.17, 15) is 18.3 Å². The summed E-state index contributed by atoms with van der Waals surface area (Å²) in [6.07, 6.45) is 1.57. The average molecular weight is 426 g/mol. The van der Waals surface area contributed by atoms with Gasteiger partial charge in [0, 0.05) is 24.6 Å². The van der Waals surface area contributed by atoms with Gasteiger partial charge in [-0.05, 0) is 37.0 Å². The van der Waals surface area contributed by atoms with Crippen molar-refractivity contribution in [2.45, 2.75) is 25.9 Å². The number of hydrogen-bond acceptors (Lipinski definition) is 4. The molecule has 30 heavy (non-hydrogen) atoms. The summed E-state index contributed by atoms with van der Waals surface area (Å²) >= 11 is 0. The van der Waals surface area contributed by atoms with Gasteiger partial charge in [-0.3, -0.25) is 4.79 Å². The summed E-state index contributed by atoms with van der Waals surface area (Å²) in [5, 5.41) is 11.0. The number of hydrogen-bond donors (Lipinski definition) is 1. The van der Waals surface area contributed by atoms with Gasteiger partial charge in [0.05, 0.1) is 17.3 Å². The first-order chi connectivity index (χ1) is 14.0. The predicted octanol–water partition coefficient (Wildman–Crippen LogP) is 3.22. The van der Waals surface area contributed by atoms with E-state index < -0.39 is 27.0 Å². The molecular weight excluding hydrogens is 398 g/mol. The van der Waals surface area contributed by atoms with Gasteiger partial charge < -0.3 is 5.11 Å². The van der Waals surface area contributed by atoms with Crippen LogP contribution in [0, 0.1) is 11.3 Å². The van der Waals surface area contributed by atoms with Gasteiger partial charge in [0.15, 0.2) is 5.78 Å². The van der Waals surface area contributed by atoms with Crippen LogP contribution < -0.4 is 0 Å². The third-order valence-corrected chi connectivity index (χ3v) is 7.71. The number of allylic oxidation sites excluding steroid dienone is 2. The van der Waals surface area contributed by atoms with Crippen molar-refractivity contribution in [2.75, 3.05) is 19.3 Å². The number of aliphatic hydroxyl groups is 1. The third kappa shape index (κ3) is 3.43. The zero-order valence-corrected chi connectivity index (χ0v) is 18.3. The van der Waals surface area contributed by atoms with Crippen molar-refractivity contribution in [3.05, 3.63) is 71.8 Å². The normalized spacial score (nSPS) is 25.5. The molecule has 5 nitrogen and oxygen atoms in total. The number of nitrogens with zero attached hydrogens (tertiary/aromatic N) is 1. The van der Waals surface area contributed by atoms with Gasteiger partial charge in [0.2, 0.25) is 10.0 Å². The van der Waals surface area contributed by atoms with Crippen LogP contribution in [0.3, 0.4) is 0 Å². The first kappa shape index (κ1) is 21.0. The molecule has 1 fully saturated rings. The van der Waals surface area contributed by atoms with Gasteiger partial charge in [0.1, 0.15) is 0 Å². The van der Waals surface area contributed by atoms with Crippen LogP contribution in [0.1, 0.15) is 31.4 Å². The molecule has 0 saturated carbocycles. The van der Waals surface area contributed by atoms with Crippen LogP contribution in [-0.2, 0) is 14.8 Å². The highest BCUT2D eigenvalue weighted by molar-refractivity contribution is 7.88. The molecule has 0 amide bonds. The molecule has 2 aromatic carbocycles. The highest BCUT2D eigenvalue weighted by Crippen LogP contribution is 2.56. The van der Waals surface area contributed by atoms with E-state index in [4.69, 9.17) is 0 Å². The van der Waals surface area contributed by atoms with Gasteiger partial charge in [0.25, 0.3) is 0 Å². The van der Waals surface area contributed by atoms with Gasteiger partial charge in [-0.25, -0.2) is 12.7 Å². The maximum absolute atomic E-state index is 14.1. The van der Waals surface area contributed by atoms with E-state index in [0.29, 0.717) is 12.0 Å².